The van der Waals surface area contributed by atoms with Crippen LogP contribution in [0.15, 0.2) is 42.5 Å². The molecule has 0 aromatic heterocycles. The van der Waals surface area contributed by atoms with Crippen molar-refractivity contribution in [1.82, 2.24) is 0 Å². The van der Waals surface area contributed by atoms with Gasteiger partial charge in [0.25, 0.3) is 0 Å². The normalized spacial score (nSPS) is 11.5. The average molecular weight is 317 g/mol. The van der Waals surface area contributed by atoms with Crippen molar-refractivity contribution in [2.75, 3.05) is 6.61 Å². The number of halogens is 1. The molecule has 0 aliphatic carbocycles. The van der Waals surface area contributed by atoms with Crippen LogP contribution in [0.2, 0.25) is 5.02 Å². The van der Waals surface area contributed by atoms with Gasteiger partial charge >= 0.3 is 0 Å². The third kappa shape index (κ3) is 4.27. The minimum Gasteiger partial charge on any atom is -0.493 e. The highest BCUT2D eigenvalue weighted by atomic mass is 35.5. The predicted molar refractivity (Wildman–Crippen MR) is 96.0 cm³/mol. The molecule has 0 atom stereocenters. The van der Waals surface area contributed by atoms with Crippen LogP contribution in [0.3, 0.4) is 0 Å². The van der Waals surface area contributed by atoms with Crippen LogP contribution < -0.4 is 4.74 Å². The number of hydrogen-bond donors (Lipinski definition) is 0. The van der Waals surface area contributed by atoms with E-state index < -0.39 is 0 Å². The summed E-state index contributed by atoms with van der Waals surface area (Å²) in [5, 5.41) is 0.735. The number of unbranched alkanes of at least 4 members (excludes halogenated alkanes) is 1. The van der Waals surface area contributed by atoms with Gasteiger partial charge in [0.1, 0.15) is 5.75 Å². The van der Waals surface area contributed by atoms with E-state index in [0.717, 1.165) is 41.3 Å². The van der Waals surface area contributed by atoms with Gasteiger partial charge in [-0.05, 0) is 41.2 Å². The molecule has 0 unspecified atom stereocenters. The third-order valence-corrected chi connectivity index (χ3v) is 3.97. The zero-order valence-electron chi connectivity index (χ0n) is 13.9. The Labute approximate surface area is 139 Å². The molecule has 0 heterocycles. The first-order chi connectivity index (χ1) is 10.4. The second kappa shape index (κ2) is 7.19. The van der Waals surface area contributed by atoms with Gasteiger partial charge < -0.3 is 4.74 Å². The van der Waals surface area contributed by atoms with Crippen molar-refractivity contribution >= 4 is 11.6 Å². The first-order valence-corrected chi connectivity index (χ1v) is 8.33. The van der Waals surface area contributed by atoms with Gasteiger partial charge in [-0.2, -0.15) is 0 Å². The molecule has 0 fully saturated rings. The zero-order chi connectivity index (χ0) is 16.2. The van der Waals surface area contributed by atoms with Crippen LogP contribution in [-0.4, -0.2) is 6.61 Å². The lowest BCUT2D eigenvalue weighted by Gasteiger charge is -2.20. The number of ether oxygens (including phenoxy) is 1. The maximum Gasteiger partial charge on any atom is 0.127 e. The van der Waals surface area contributed by atoms with Crippen molar-refractivity contribution in [3.8, 4) is 16.9 Å². The fourth-order valence-corrected chi connectivity index (χ4v) is 2.51. The highest BCUT2D eigenvalue weighted by molar-refractivity contribution is 6.31. The molecular formula is C20H25ClO. The molecule has 0 saturated carbocycles. The van der Waals surface area contributed by atoms with Crippen LogP contribution >= 0.6 is 11.6 Å². The monoisotopic (exact) mass is 316 g/mol. The van der Waals surface area contributed by atoms with E-state index in [0.29, 0.717) is 0 Å². The van der Waals surface area contributed by atoms with Crippen LogP contribution in [0.5, 0.6) is 5.75 Å². The van der Waals surface area contributed by atoms with Crippen molar-refractivity contribution in [2.45, 2.75) is 46.0 Å². The molecule has 22 heavy (non-hydrogen) atoms. The van der Waals surface area contributed by atoms with Crippen molar-refractivity contribution in [3.05, 3.63) is 53.1 Å². The van der Waals surface area contributed by atoms with Crippen LogP contribution in [0, 0.1) is 0 Å². The summed E-state index contributed by atoms with van der Waals surface area (Å²) in [5.74, 6) is 0.906. The standard InChI is InChI=1S/C20H25ClO/c1-5-6-12-22-19-11-10-17(21)14-18(19)15-8-7-9-16(13-15)20(2,3)4/h7-11,13-14H,5-6,12H2,1-4H3. The molecular weight excluding hydrogens is 292 g/mol. The lowest BCUT2D eigenvalue weighted by Crippen LogP contribution is -2.10. The Kier molecular flexibility index (Phi) is 5.52. The van der Waals surface area contributed by atoms with Crippen molar-refractivity contribution in [2.24, 2.45) is 0 Å². The number of rotatable bonds is 5. The van der Waals surface area contributed by atoms with E-state index in [1.807, 2.05) is 18.2 Å². The van der Waals surface area contributed by atoms with E-state index in [2.05, 4.69) is 52.0 Å². The average Bonchev–Trinajstić information content (AvgIpc) is 2.48. The van der Waals surface area contributed by atoms with Gasteiger partial charge in [0.2, 0.25) is 0 Å². The van der Waals surface area contributed by atoms with Crippen LogP contribution in [0.1, 0.15) is 46.1 Å². The molecule has 2 rings (SSSR count). The highest BCUT2D eigenvalue weighted by Gasteiger charge is 2.15. The van der Waals surface area contributed by atoms with E-state index in [4.69, 9.17) is 16.3 Å². The van der Waals surface area contributed by atoms with Crippen LogP contribution in [0.25, 0.3) is 11.1 Å². The maximum atomic E-state index is 6.20. The maximum absolute atomic E-state index is 6.20. The van der Waals surface area contributed by atoms with Gasteiger partial charge in [0, 0.05) is 10.6 Å². The fraction of sp³-hybridized carbons (Fsp3) is 0.400. The fourth-order valence-electron chi connectivity index (χ4n) is 2.33. The summed E-state index contributed by atoms with van der Waals surface area (Å²) >= 11 is 6.20. The summed E-state index contributed by atoms with van der Waals surface area (Å²) in [6.45, 7) is 9.58. The van der Waals surface area contributed by atoms with Crippen LogP contribution in [0.4, 0.5) is 0 Å². The Morgan fingerprint density at radius 1 is 1.05 bits per heavy atom. The second-order valence-corrected chi connectivity index (χ2v) is 7.11. The van der Waals surface area contributed by atoms with Gasteiger partial charge in [-0.1, -0.05) is 70.0 Å². The molecule has 2 heteroatoms. The van der Waals surface area contributed by atoms with Crippen LogP contribution in [-0.2, 0) is 5.41 Å². The Morgan fingerprint density at radius 3 is 2.50 bits per heavy atom. The largest absolute Gasteiger partial charge is 0.493 e. The number of hydrogen-bond acceptors (Lipinski definition) is 1. The van der Waals surface area contributed by atoms with Gasteiger partial charge in [-0.25, -0.2) is 0 Å². The Morgan fingerprint density at radius 2 is 1.82 bits per heavy atom. The smallest absolute Gasteiger partial charge is 0.127 e. The van der Waals surface area contributed by atoms with Gasteiger partial charge in [0.15, 0.2) is 0 Å². The molecule has 118 valence electrons. The molecule has 2 aromatic carbocycles. The minimum atomic E-state index is 0.123. The molecule has 0 aliphatic heterocycles. The Bertz CT molecular complexity index is 626. The Balaban J connectivity index is 2.40. The predicted octanol–water partition coefficient (Wildman–Crippen LogP) is 6.48. The first-order valence-electron chi connectivity index (χ1n) is 7.95. The van der Waals surface area contributed by atoms with Crippen molar-refractivity contribution in [1.29, 1.82) is 0 Å². The summed E-state index contributed by atoms with van der Waals surface area (Å²) in [6.07, 6.45) is 2.19. The molecule has 0 aliphatic rings. The molecule has 0 radical (unpaired) electrons. The molecule has 1 nitrogen and oxygen atoms in total. The Hall–Kier alpha value is -1.47. The molecule has 0 amide bonds. The lowest BCUT2D eigenvalue weighted by molar-refractivity contribution is 0.310. The second-order valence-electron chi connectivity index (χ2n) is 6.67. The molecule has 0 saturated heterocycles. The summed E-state index contributed by atoms with van der Waals surface area (Å²) < 4.78 is 5.95. The summed E-state index contributed by atoms with van der Waals surface area (Å²) in [5.41, 5.74) is 3.65. The van der Waals surface area contributed by atoms with E-state index >= 15 is 0 Å². The SMILES string of the molecule is CCCCOc1ccc(Cl)cc1-c1cccc(C(C)(C)C)c1. The van der Waals surface area contributed by atoms with E-state index in [1.54, 1.807) is 0 Å². The van der Waals surface area contributed by atoms with E-state index in [9.17, 15) is 0 Å². The minimum absolute atomic E-state index is 0.123. The third-order valence-electron chi connectivity index (χ3n) is 3.74. The molecule has 2 aromatic rings. The summed E-state index contributed by atoms with van der Waals surface area (Å²) in [4.78, 5) is 0. The lowest BCUT2D eigenvalue weighted by atomic mass is 9.85. The summed E-state index contributed by atoms with van der Waals surface area (Å²) in [6, 6.07) is 14.5. The van der Waals surface area contributed by atoms with Crippen molar-refractivity contribution < 1.29 is 4.74 Å². The van der Waals surface area contributed by atoms with Crippen molar-refractivity contribution in [3.63, 3.8) is 0 Å². The zero-order valence-corrected chi connectivity index (χ0v) is 14.7. The highest BCUT2D eigenvalue weighted by Crippen LogP contribution is 2.35. The molecule has 0 spiro atoms. The van der Waals surface area contributed by atoms with Gasteiger partial charge in [-0.15, -0.1) is 0 Å². The van der Waals surface area contributed by atoms with E-state index in [-0.39, 0.29) is 5.41 Å². The first kappa shape index (κ1) is 16.9. The van der Waals surface area contributed by atoms with Gasteiger partial charge in [0.05, 0.1) is 6.61 Å². The molecule has 0 bridgehead atoms. The van der Waals surface area contributed by atoms with Gasteiger partial charge in [-0.3, -0.25) is 0 Å². The molecule has 0 N–H and O–H groups in total. The van der Waals surface area contributed by atoms with E-state index in [1.165, 1.54) is 5.56 Å². The number of benzene rings is 2. The topological polar surface area (TPSA) is 9.23 Å². The summed E-state index contributed by atoms with van der Waals surface area (Å²) in [7, 11) is 0. The quantitative estimate of drug-likeness (QED) is 0.573.